The van der Waals surface area contributed by atoms with Crippen LogP contribution in [-0.4, -0.2) is 32.3 Å². The number of carbonyl (C=O) groups excluding carboxylic acids is 2. The van der Waals surface area contributed by atoms with Gasteiger partial charge in [-0.1, -0.05) is 65.8 Å². The molecule has 7 nitrogen and oxygen atoms in total. The Balaban J connectivity index is 1.37. The number of halogens is 1. The number of nitrogens with zero attached hydrogens (tertiary/aromatic N) is 3. The lowest BCUT2D eigenvalue weighted by atomic mass is 10.1. The number of amides is 2. The number of hydrogen-bond acceptors (Lipinski definition) is 5. The van der Waals surface area contributed by atoms with Gasteiger partial charge in [0.1, 0.15) is 0 Å². The molecule has 0 aliphatic heterocycles. The fourth-order valence-corrected chi connectivity index (χ4v) is 4.11. The molecule has 172 valence electrons. The van der Waals surface area contributed by atoms with Crippen LogP contribution in [0.15, 0.2) is 84.0 Å². The summed E-state index contributed by atoms with van der Waals surface area (Å²) in [6, 6.07) is 23.9. The standard InChI is InChI=1S/C25H22ClN5O2S/c1-31-23(18-11-13-19(26)14-12-18)29-30-25(31)34-16-22(32)28-21-10-6-5-9-20(21)24(33)27-15-17-7-3-2-4-8-17/h2-14H,15-16H2,1H3,(H,27,33)(H,28,32). The fraction of sp³-hybridized carbons (Fsp3) is 0.120. The quantitative estimate of drug-likeness (QED) is 0.346. The predicted molar refractivity (Wildman–Crippen MR) is 135 cm³/mol. The molecule has 1 aromatic heterocycles. The maximum absolute atomic E-state index is 12.7. The molecule has 0 atom stereocenters. The van der Waals surface area contributed by atoms with E-state index in [1.807, 2.05) is 54.1 Å². The van der Waals surface area contributed by atoms with Gasteiger partial charge >= 0.3 is 0 Å². The third-order valence-corrected chi connectivity index (χ3v) is 6.28. The fourth-order valence-electron chi connectivity index (χ4n) is 3.27. The minimum atomic E-state index is -0.256. The second kappa shape index (κ2) is 11.0. The Morgan fingerprint density at radius 2 is 1.65 bits per heavy atom. The van der Waals surface area contributed by atoms with Gasteiger partial charge in [0.2, 0.25) is 5.91 Å². The van der Waals surface area contributed by atoms with E-state index in [4.69, 9.17) is 11.6 Å². The van der Waals surface area contributed by atoms with Gasteiger partial charge in [-0.3, -0.25) is 9.59 Å². The van der Waals surface area contributed by atoms with Crippen molar-refractivity contribution in [1.29, 1.82) is 0 Å². The van der Waals surface area contributed by atoms with Crippen molar-refractivity contribution in [3.05, 3.63) is 95.0 Å². The molecular weight excluding hydrogens is 470 g/mol. The summed E-state index contributed by atoms with van der Waals surface area (Å²) >= 11 is 7.22. The molecule has 0 unspecified atom stereocenters. The zero-order valence-electron chi connectivity index (χ0n) is 18.4. The Bertz CT molecular complexity index is 1290. The summed E-state index contributed by atoms with van der Waals surface area (Å²) in [4.78, 5) is 25.3. The van der Waals surface area contributed by atoms with Gasteiger partial charge in [0.15, 0.2) is 11.0 Å². The monoisotopic (exact) mass is 491 g/mol. The first-order valence-electron chi connectivity index (χ1n) is 10.5. The minimum Gasteiger partial charge on any atom is -0.348 e. The van der Waals surface area contributed by atoms with Crippen molar-refractivity contribution >= 4 is 40.9 Å². The lowest BCUT2D eigenvalue weighted by Crippen LogP contribution is -2.25. The van der Waals surface area contributed by atoms with E-state index in [2.05, 4.69) is 20.8 Å². The van der Waals surface area contributed by atoms with Gasteiger partial charge in [0.25, 0.3) is 5.91 Å². The number of rotatable bonds is 8. The van der Waals surface area contributed by atoms with Crippen molar-refractivity contribution in [1.82, 2.24) is 20.1 Å². The van der Waals surface area contributed by atoms with Crippen LogP contribution in [0, 0.1) is 0 Å². The van der Waals surface area contributed by atoms with Crippen molar-refractivity contribution in [2.24, 2.45) is 7.05 Å². The van der Waals surface area contributed by atoms with Gasteiger partial charge in [0.05, 0.1) is 17.0 Å². The van der Waals surface area contributed by atoms with Crippen LogP contribution < -0.4 is 10.6 Å². The summed E-state index contributed by atoms with van der Waals surface area (Å²) in [7, 11) is 1.84. The van der Waals surface area contributed by atoms with E-state index in [-0.39, 0.29) is 17.6 Å². The molecular formula is C25H22ClN5O2S. The first-order valence-corrected chi connectivity index (χ1v) is 11.9. The molecule has 0 saturated carbocycles. The van der Waals surface area contributed by atoms with E-state index >= 15 is 0 Å². The van der Waals surface area contributed by atoms with E-state index in [1.54, 1.807) is 36.4 Å². The summed E-state index contributed by atoms with van der Waals surface area (Å²) in [6.07, 6.45) is 0. The number of nitrogens with one attached hydrogen (secondary N) is 2. The Morgan fingerprint density at radius 3 is 2.41 bits per heavy atom. The van der Waals surface area contributed by atoms with Crippen molar-refractivity contribution in [2.45, 2.75) is 11.7 Å². The van der Waals surface area contributed by atoms with Crippen molar-refractivity contribution in [2.75, 3.05) is 11.1 Å². The van der Waals surface area contributed by atoms with Gasteiger partial charge in [-0.25, -0.2) is 0 Å². The summed E-state index contributed by atoms with van der Waals surface area (Å²) in [5.74, 6) is 0.296. The zero-order chi connectivity index (χ0) is 23.9. The summed E-state index contributed by atoms with van der Waals surface area (Å²) < 4.78 is 1.83. The van der Waals surface area contributed by atoms with Crippen molar-refractivity contribution < 1.29 is 9.59 Å². The van der Waals surface area contributed by atoms with Crippen LogP contribution in [0.5, 0.6) is 0 Å². The van der Waals surface area contributed by atoms with Gasteiger partial charge in [0, 0.05) is 24.2 Å². The maximum Gasteiger partial charge on any atom is 0.253 e. The lowest BCUT2D eigenvalue weighted by Gasteiger charge is -2.11. The molecule has 0 saturated heterocycles. The molecule has 4 aromatic rings. The Morgan fingerprint density at radius 1 is 0.941 bits per heavy atom. The van der Waals surface area contributed by atoms with Gasteiger partial charge in [-0.2, -0.15) is 0 Å². The van der Waals surface area contributed by atoms with Crippen LogP contribution in [0.2, 0.25) is 5.02 Å². The number of aromatic nitrogens is 3. The van der Waals surface area contributed by atoms with Gasteiger partial charge < -0.3 is 15.2 Å². The highest BCUT2D eigenvalue weighted by Gasteiger charge is 2.16. The van der Waals surface area contributed by atoms with Crippen LogP contribution in [0.4, 0.5) is 5.69 Å². The predicted octanol–water partition coefficient (Wildman–Crippen LogP) is 4.80. The lowest BCUT2D eigenvalue weighted by molar-refractivity contribution is -0.113. The molecule has 0 bridgehead atoms. The van der Waals surface area contributed by atoms with E-state index in [0.29, 0.717) is 33.8 Å². The van der Waals surface area contributed by atoms with E-state index in [1.165, 1.54) is 11.8 Å². The molecule has 0 aliphatic carbocycles. The third-order valence-electron chi connectivity index (χ3n) is 5.01. The van der Waals surface area contributed by atoms with Crippen LogP contribution in [-0.2, 0) is 18.4 Å². The van der Waals surface area contributed by atoms with Crippen molar-refractivity contribution in [3.63, 3.8) is 0 Å². The number of hydrogen-bond donors (Lipinski definition) is 2. The Hall–Kier alpha value is -3.62. The molecule has 2 N–H and O–H groups in total. The van der Waals surface area contributed by atoms with Gasteiger partial charge in [-0.05, 0) is 42.0 Å². The number of anilines is 1. The molecule has 0 radical (unpaired) electrons. The number of benzene rings is 3. The second-order valence-electron chi connectivity index (χ2n) is 7.42. The normalized spacial score (nSPS) is 10.6. The number of carbonyl (C=O) groups is 2. The highest BCUT2D eigenvalue weighted by molar-refractivity contribution is 7.99. The second-order valence-corrected chi connectivity index (χ2v) is 8.80. The molecule has 1 heterocycles. The van der Waals surface area contributed by atoms with E-state index in [9.17, 15) is 9.59 Å². The van der Waals surface area contributed by atoms with Crippen LogP contribution in [0.1, 0.15) is 15.9 Å². The average molecular weight is 492 g/mol. The third kappa shape index (κ3) is 5.84. The molecule has 34 heavy (non-hydrogen) atoms. The van der Waals surface area contributed by atoms with Crippen LogP contribution in [0.3, 0.4) is 0 Å². The van der Waals surface area contributed by atoms with E-state index in [0.717, 1.165) is 11.1 Å². The SMILES string of the molecule is Cn1c(SCC(=O)Nc2ccccc2C(=O)NCc2ccccc2)nnc1-c1ccc(Cl)cc1. The highest BCUT2D eigenvalue weighted by atomic mass is 35.5. The van der Waals surface area contributed by atoms with Crippen LogP contribution >= 0.6 is 23.4 Å². The number of para-hydroxylation sites is 1. The van der Waals surface area contributed by atoms with Crippen molar-refractivity contribution in [3.8, 4) is 11.4 Å². The Kier molecular flexibility index (Phi) is 7.61. The Labute approximate surface area is 206 Å². The summed E-state index contributed by atoms with van der Waals surface area (Å²) in [6.45, 7) is 0.403. The smallest absolute Gasteiger partial charge is 0.253 e. The summed E-state index contributed by atoms with van der Waals surface area (Å²) in [5.41, 5.74) is 2.74. The highest BCUT2D eigenvalue weighted by Crippen LogP contribution is 2.24. The average Bonchev–Trinajstić information content (AvgIpc) is 3.23. The molecule has 4 rings (SSSR count). The maximum atomic E-state index is 12.7. The zero-order valence-corrected chi connectivity index (χ0v) is 19.9. The molecule has 9 heteroatoms. The van der Waals surface area contributed by atoms with Crippen LogP contribution in [0.25, 0.3) is 11.4 Å². The molecule has 0 fully saturated rings. The molecule has 3 aromatic carbocycles. The molecule has 0 spiro atoms. The summed E-state index contributed by atoms with van der Waals surface area (Å²) in [5, 5.41) is 15.4. The first-order chi connectivity index (χ1) is 16.5. The van der Waals surface area contributed by atoms with Gasteiger partial charge in [-0.15, -0.1) is 10.2 Å². The largest absolute Gasteiger partial charge is 0.348 e. The molecule has 2 amide bonds. The first kappa shape index (κ1) is 23.5. The minimum absolute atomic E-state index is 0.118. The molecule has 0 aliphatic rings. The van der Waals surface area contributed by atoms with E-state index < -0.39 is 0 Å². The topological polar surface area (TPSA) is 88.9 Å². The number of thioether (sulfide) groups is 1.